The van der Waals surface area contributed by atoms with Crippen LogP contribution in [0.5, 0.6) is 0 Å². The molecule has 2 fully saturated rings. The Labute approximate surface area is 123 Å². The molecule has 1 saturated heterocycles. The maximum absolute atomic E-state index is 12.8. The van der Waals surface area contributed by atoms with E-state index < -0.39 is 11.1 Å². The molecular weight excluding hydrogens is 272 g/mol. The molecule has 0 aromatic carbocycles. The fourth-order valence-electron chi connectivity index (χ4n) is 2.99. The first kappa shape index (κ1) is 13.6. The molecule has 1 unspecified atom stereocenters. The van der Waals surface area contributed by atoms with E-state index in [1.807, 2.05) is 23.8 Å². The van der Waals surface area contributed by atoms with Crippen LogP contribution in [-0.2, 0) is 16.1 Å². The van der Waals surface area contributed by atoms with E-state index in [0.29, 0.717) is 12.5 Å². The molecule has 108 valence electrons. The van der Waals surface area contributed by atoms with Gasteiger partial charge in [-0.25, -0.2) is 0 Å². The van der Waals surface area contributed by atoms with Gasteiger partial charge < -0.3 is 10.2 Å². The van der Waals surface area contributed by atoms with Gasteiger partial charge in [0.15, 0.2) is 0 Å². The maximum atomic E-state index is 12.8. The Kier molecular flexibility index (Phi) is 2.94. The zero-order valence-electron chi connectivity index (χ0n) is 12.1. The van der Waals surface area contributed by atoms with Crippen molar-refractivity contribution in [3.05, 3.63) is 22.4 Å². The van der Waals surface area contributed by atoms with Crippen LogP contribution in [-0.4, -0.2) is 27.8 Å². The summed E-state index contributed by atoms with van der Waals surface area (Å²) in [5.41, 5.74) is -0.420. The van der Waals surface area contributed by atoms with Gasteiger partial charge in [-0.3, -0.25) is 9.59 Å². The highest BCUT2D eigenvalue weighted by Crippen LogP contribution is 2.46. The van der Waals surface area contributed by atoms with E-state index in [2.05, 4.69) is 5.32 Å². The summed E-state index contributed by atoms with van der Waals surface area (Å²) in [7, 11) is 0. The highest BCUT2D eigenvalue weighted by molar-refractivity contribution is 7.07. The first-order valence-corrected chi connectivity index (χ1v) is 7.96. The number of nitrogens with zero attached hydrogens (tertiary/aromatic N) is 1. The van der Waals surface area contributed by atoms with Gasteiger partial charge in [-0.2, -0.15) is 11.3 Å². The molecule has 2 amide bonds. The topological polar surface area (TPSA) is 49.4 Å². The molecule has 0 spiro atoms. The molecule has 2 aliphatic rings. The number of thiophene rings is 1. The molecule has 5 heteroatoms. The molecule has 2 heterocycles. The number of piperazine rings is 1. The van der Waals surface area contributed by atoms with Gasteiger partial charge in [0.1, 0.15) is 11.1 Å². The highest BCUT2D eigenvalue weighted by atomic mass is 32.1. The van der Waals surface area contributed by atoms with Gasteiger partial charge in [0.05, 0.1) is 0 Å². The van der Waals surface area contributed by atoms with Crippen molar-refractivity contribution in [2.45, 2.75) is 51.2 Å². The second-order valence-corrected chi connectivity index (χ2v) is 7.30. The van der Waals surface area contributed by atoms with Crippen molar-refractivity contribution >= 4 is 23.2 Å². The van der Waals surface area contributed by atoms with Gasteiger partial charge in [-0.15, -0.1) is 0 Å². The van der Waals surface area contributed by atoms with Crippen LogP contribution < -0.4 is 5.32 Å². The smallest absolute Gasteiger partial charge is 0.248 e. The minimum absolute atomic E-state index is 0.0118. The summed E-state index contributed by atoms with van der Waals surface area (Å²) in [6, 6.07) is 2.02. The molecule has 20 heavy (non-hydrogen) atoms. The quantitative estimate of drug-likeness (QED) is 0.928. The maximum Gasteiger partial charge on any atom is 0.248 e. The van der Waals surface area contributed by atoms with Crippen LogP contribution in [0.3, 0.4) is 0 Å². The van der Waals surface area contributed by atoms with Crippen LogP contribution in [0, 0.1) is 5.92 Å². The van der Waals surface area contributed by atoms with Gasteiger partial charge in [-0.05, 0) is 61.9 Å². The van der Waals surface area contributed by atoms with Gasteiger partial charge in [0.2, 0.25) is 11.8 Å². The van der Waals surface area contributed by atoms with E-state index in [1.165, 1.54) is 0 Å². The van der Waals surface area contributed by atoms with Crippen molar-refractivity contribution in [1.29, 1.82) is 0 Å². The minimum Gasteiger partial charge on any atom is -0.340 e. The summed E-state index contributed by atoms with van der Waals surface area (Å²) < 4.78 is 0. The average Bonchev–Trinajstić information content (AvgIpc) is 3.11. The SMILES string of the molecule is CC1(C)NC(=O)C(C)(C2CC2)N(Cc2ccsc2)C1=O. The predicted molar refractivity (Wildman–Crippen MR) is 78.2 cm³/mol. The van der Waals surface area contributed by atoms with Crippen molar-refractivity contribution in [1.82, 2.24) is 10.2 Å². The average molecular weight is 292 g/mol. The molecule has 1 atom stereocenters. The molecule has 1 aromatic heterocycles. The zero-order chi connectivity index (χ0) is 14.5. The number of nitrogens with one attached hydrogen (secondary N) is 1. The van der Waals surface area contributed by atoms with E-state index in [4.69, 9.17) is 0 Å². The van der Waals surface area contributed by atoms with Gasteiger partial charge in [0.25, 0.3) is 0 Å². The molecule has 3 rings (SSSR count). The van der Waals surface area contributed by atoms with Crippen molar-refractivity contribution in [2.24, 2.45) is 5.92 Å². The standard InChI is InChI=1S/C15H20N2O2S/c1-14(2)13(19)17(8-10-6-7-20-9-10)15(3,11-4-5-11)12(18)16-14/h6-7,9,11H,4-5,8H2,1-3H3,(H,16,18). The predicted octanol–water partition coefficient (Wildman–Crippen LogP) is 2.15. The largest absolute Gasteiger partial charge is 0.340 e. The molecule has 0 bridgehead atoms. The molecule has 4 nitrogen and oxygen atoms in total. The van der Waals surface area contributed by atoms with Crippen molar-refractivity contribution in [3.63, 3.8) is 0 Å². The fourth-order valence-corrected chi connectivity index (χ4v) is 3.65. The lowest BCUT2D eigenvalue weighted by Crippen LogP contribution is -2.73. The second kappa shape index (κ2) is 4.32. The van der Waals surface area contributed by atoms with Crippen LogP contribution in [0.2, 0.25) is 0 Å². The van der Waals surface area contributed by atoms with Gasteiger partial charge in [0, 0.05) is 6.54 Å². The summed E-state index contributed by atoms with van der Waals surface area (Å²) in [5.74, 6) is 0.290. The van der Waals surface area contributed by atoms with E-state index in [1.54, 1.807) is 30.1 Å². The van der Waals surface area contributed by atoms with Crippen molar-refractivity contribution in [3.8, 4) is 0 Å². The number of hydrogen-bond donors (Lipinski definition) is 1. The van der Waals surface area contributed by atoms with Crippen LogP contribution in [0.4, 0.5) is 0 Å². The second-order valence-electron chi connectivity index (χ2n) is 6.52. The summed E-state index contributed by atoms with van der Waals surface area (Å²) in [6.45, 7) is 5.99. The van der Waals surface area contributed by atoms with Crippen LogP contribution >= 0.6 is 11.3 Å². The van der Waals surface area contributed by atoms with Crippen molar-refractivity contribution in [2.75, 3.05) is 0 Å². The molecule has 1 aliphatic carbocycles. The molecule has 1 N–H and O–H groups in total. The lowest BCUT2D eigenvalue weighted by molar-refractivity contribution is -0.163. The van der Waals surface area contributed by atoms with Crippen LogP contribution in [0.15, 0.2) is 16.8 Å². The van der Waals surface area contributed by atoms with Crippen molar-refractivity contribution < 1.29 is 9.59 Å². The minimum atomic E-state index is -0.818. The number of carbonyl (C=O) groups excluding carboxylic acids is 2. The van der Waals surface area contributed by atoms with Crippen LogP contribution in [0.25, 0.3) is 0 Å². The molecule has 0 radical (unpaired) electrons. The zero-order valence-corrected chi connectivity index (χ0v) is 12.9. The third kappa shape index (κ3) is 1.95. The van der Waals surface area contributed by atoms with E-state index in [-0.39, 0.29) is 11.8 Å². The monoisotopic (exact) mass is 292 g/mol. The summed E-state index contributed by atoms with van der Waals surface area (Å²) >= 11 is 1.62. The molecule has 1 aliphatic heterocycles. The lowest BCUT2D eigenvalue weighted by Gasteiger charge is -2.49. The van der Waals surface area contributed by atoms with E-state index in [0.717, 1.165) is 18.4 Å². The fraction of sp³-hybridized carbons (Fsp3) is 0.600. The van der Waals surface area contributed by atoms with E-state index in [9.17, 15) is 9.59 Å². The first-order valence-electron chi connectivity index (χ1n) is 7.01. The molecular formula is C15H20N2O2S. The first-order chi connectivity index (χ1) is 9.35. The van der Waals surface area contributed by atoms with Gasteiger partial charge in [-0.1, -0.05) is 0 Å². The Morgan fingerprint density at radius 3 is 2.60 bits per heavy atom. The summed E-state index contributed by atoms with van der Waals surface area (Å²) in [4.78, 5) is 27.2. The third-order valence-electron chi connectivity index (χ3n) is 4.52. The van der Waals surface area contributed by atoms with Gasteiger partial charge >= 0.3 is 0 Å². The summed E-state index contributed by atoms with van der Waals surface area (Å²) in [5, 5.41) is 6.94. The number of carbonyl (C=O) groups is 2. The lowest BCUT2D eigenvalue weighted by atomic mass is 9.84. The Balaban J connectivity index is 1.98. The molecule has 1 aromatic rings. The third-order valence-corrected chi connectivity index (χ3v) is 5.25. The number of amides is 2. The van der Waals surface area contributed by atoms with Crippen LogP contribution in [0.1, 0.15) is 39.2 Å². The Morgan fingerprint density at radius 1 is 1.35 bits per heavy atom. The summed E-state index contributed by atoms with van der Waals surface area (Å²) in [6.07, 6.45) is 2.05. The number of hydrogen-bond acceptors (Lipinski definition) is 3. The highest BCUT2D eigenvalue weighted by Gasteiger charge is 2.58. The van der Waals surface area contributed by atoms with E-state index >= 15 is 0 Å². The Morgan fingerprint density at radius 2 is 2.05 bits per heavy atom. The molecule has 1 saturated carbocycles. The Hall–Kier alpha value is -1.36. The Bertz CT molecular complexity index is 548. The number of rotatable bonds is 3. The normalized spacial score (nSPS) is 29.4.